The number of aromatic nitrogens is 4. The van der Waals surface area contributed by atoms with Crippen LogP contribution in [-0.2, 0) is 7.05 Å². The number of nitrogens with one attached hydrogen (secondary N) is 1. The second-order valence-corrected chi connectivity index (χ2v) is 7.55. The summed E-state index contributed by atoms with van der Waals surface area (Å²) < 4.78 is 29.1. The van der Waals surface area contributed by atoms with E-state index in [0.29, 0.717) is 11.4 Å². The number of halogens is 2. The molecule has 29 heavy (non-hydrogen) atoms. The summed E-state index contributed by atoms with van der Waals surface area (Å²) in [5.74, 6) is 5.54. The highest BCUT2D eigenvalue weighted by Gasteiger charge is 2.23. The largest absolute Gasteiger partial charge is 0.320 e. The van der Waals surface area contributed by atoms with Crippen LogP contribution in [0.25, 0.3) is 5.69 Å². The average molecular weight is 397 g/mol. The summed E-state index contributed by atoms with van der Waals surface area (Å²) in [6.07, 6.45) is 1.81. The average Bonchev–Trinajstić information content (AvgIpc) is 3.26. The van der Waals surface area contributed by atoms with E-state index in [9.17, 15) is 13.6 Å². The van der Waals surface area contributed by atoms with Crippen molar-refractivity contribution in [2.45, 2.75) is 27.2 Å². The third kappa shape index (κ3) is 4.88. The van der Waals surface area contributed by atoms with E-state index in [1.807, 2.05) is 20.8 Å². The SMILES string of the molecule is Cn1cc(C(=O)Nc2ccccc2-n2cc(C#CC(C)(C)C)cn2)c(C(F)F)n1. The van der Waals surface area contributed by atoms with Gasteiger partial charge in [0, 0.05) is 24.9 Å². The van der Waals surface area contributed by atoms with Gasteiger partial charge in [0.2, 0.25) is 0 Å². The topological polar surface area (TPSA) is 64.7 Å². The molecule has 2 aromatic heterocycles. The maximum atomic E-state index is 13.2. The van der Waals surface area contributed by atoms with Crippen molar-refractivity contribution < 1.29 is 13.6 Å². The Morgan fingerprint density at radius 1 is 1.21 bits per heavy atom. The van der Waals surface area contributed by atoms with Gasteiger partial charge >= 0.3 is 0 Å². The van der Waals surface area contributed by atoms with Crippen LogP contribution in [0.4, 0.5) is 14.5 Å². The lowest BCUT2D eigenvalue weighted by Crippen LogP contribution is -2.15. The molecule has 0 bridgehead atoms. The summed E-state index contributed by atoms with van der Waals surface area (Å²) >= 11 is 0. The maximum absolute atomic E-state index is 13.2. The lowest BCUT2D eigenvalue weighted by atomic mass is 9.98. The molecule has 0 radical (unpaired) electrons. The monoisotopic (exact) mass is 397 g/mol. The Bertz CT molecular complexity index is 1100. The molecule has 6 nitrogen and oxygen atoms in total. The van der Waals surface area contributed by atoms with E-state index in [2.05, 4.69) is 27.4 Å². The smallest absolute Gasteiger partial charge is 0.282 e. The van der Waals surface area contributed by atoms with Crippen LogP contribution in [0.5, 0.6) is 0 Å². The molecule has 0 saturated carbocycles. The summed E-state index contributed by atoms with van der Waals surface area (Å²) in [4.78, 5) is 12.6. The van der Waals surface area contributed by atoms with E-state index in [-0.39, 0.29) is 11.0 Å². The molecule has 2 heterocycles. The van der Waals surface area contributed by atoms with Crippen molar-refractivity contribution in [3.05, 3.63) is 59.7 Å². The minimum atomic E-state index is -2.85. The van der Waals surface area contributed by atoms with Gasteiger partial charge in [-0.3, -0.25) is 9.48 Å². The molecule has 3 rings (SSSR count). The minimum Gasteiger partial charge on any atom is -0.320 e. The van der Waals surface area contributed by atoms with Crippen molar-refractivity contribution in [1.29, 1.82) is 0 Å². The fourth-order valence-corrected chi connectivity index (χ4v) is 2.59. The van der Waals surface area contributed by atoms with Crippen molar-refractivity contribution >= 4 is 11.6 Å². The minimum absolute atomic E-state index is 0.139. The zero-order valence-corrected chi connectivity index (χ0v) is 16.6. The number of carbonyl (C=O) groups excluding carboxylic acids is 1. The van der Waals surface area contributed by atoms with Crippen LogP contribution in [0.3, 0.4) is 0 Å². The Hall–Kier alpha value is -3.47. The molecule has 0 aliphatic heterocycles. The van der Waals surface area contributed by atoms with Gasteiger partial charge in [0.1, 0.15) is 5.69 Å². The number of anilines is 1. The lowest BCUT2D eigenvalue weighted by Gasteiger charge is -2.11. The van der Waals surface area contributed by atoms with Crippen LogP contribution in [0, 0.1) is 17.3 Å². The zero-order valence-electron chi connectivity index (χ0n) is 16.6. The fourth-order valence-electron chi connectivity index (χ4n) is 2.59. The summed E-state index contributed by atoms with van der Waals surface area (Å²) in [6.45, 7) is 6.05. The van der Waals surface area contributed by atoms with Gasteiger partial charge in [0.05, 0.1) is 28.7 Å². The molecule has 150 valence electrons. The van der Waals surface area contributed by atoms with Gasteiger partial charge < -0.3 is 5.32 Å². The Morgan fingerprint density at radius 2 is 1.93 bits per heavy atom. The van der Waals surface area contributed by atoms with Crippen molar-refractivity contribution in [1.82, 2.24) is 19.6 Å². The van der Waals surface area contributed by atoms with Crippen LogP contribution in [0.15, 0.2) is 42.9 Å². The summed E-state index contributed by atoms with van der Waals surface area (Å²) in [7, 11) is 1.49. The first-order valence-corrected chi connectivity index (χ1v) is 8.94. The summed E-state index contributed by atoms with van der Waals surface area (Å²) in [5, 5.41) is 10.7. The number of alkyl halides is 2. The zero-order chi connectivity index (χ0) is 21.2. The van der Waals surface area contributed by atoms with E-state index in [0.717, 1.165) is 5.56 Å². The van der Waals surface area contributed by atoms with Crippen molar-refractivity contribution in [3.8, 4) is 17.5 Å². The van der Waals surface area contributed by atoms with Gasteiger partial charge in [0.15, 0.2) is 0 Å². The number of rotatable bonds is 4. The number of nitrogens with zero attached hydrogens (tertiary/aromatic N) is 4. The van der Waals surface area contributed by atoms with Crippen LogP contribution in [0.1, 0.15) is 48.8 Å². The second-order valence-electron chi connectivity index (χ2n) is 7.55. The molecular weight excluding hydrogens is 376 g/mol. The van der Waals surface area contributed by atoms with E-state index in [1.54, 1.807) is 41.3 Å². The predicted molar refractivity (Wildman–Crippen MR) is 106 cm³/mol. The molecule has 0 saturated heterocycles. The van der Waals surface area contributed by atoms with E-state index in [1.165, 1.54) is 17.9 Å². The van der Waals surface area contributed by atoms with Gasteiger partial charge in [-0.2, -0.15) is 10.2 Å². The molecule has 1 amide bonds. The van der Waals surface area contributed by atoms with Crippen LogP contribution >= 0.6 is 0 Å². The summed E-state index contributed by atoms with van der Waals surface area (Å²) in [5.41, 5.74) is 0.886. The first-order chi connectivity index (χ1) is 13.6. The van der Waals surface area contributed by atoms with Crippen molar-refractivity contribution in [3.63, 3.8) is 0 Å². The third-order valence-corrected chi connectivity index (χ3v) is 3.87. The van der Waals surface area contributed by atoms with Crippen molar-refractivity contribution in [2.75, 3.05) is 5.32 Å². The molecule has 3 aromatic rings. The Balaban J connectivity index is 1.90. The third-order valence-electron chi connectivity index (χ3n) is 3.87. The standard InChI is InChI=1S/C21H21F2N5O/c1-21(2,3)10-9-14-11-24-28(12-14)17-8-6-5-7-16(17)25-20(29)15-13-27(4)26-18(15)19(22)23/h5-8,11-13,19H,1-4H3,(H,25,29). The predicted octanol–water partition coefficient (Wildman–Crippen LogP) is 4.19. The first kappa shape index (κ1) is 20.3. The molecule has 0 fully saturated rings. The highest BCUT2D eigenvalue weighted by Crippen LogP contribution is 2.24. The van der Waals surface area contributed by atoms with Crippen LogP contribution in [-0.4, -0.2) is 25.5 Å². The molecular formula is C21H21F2N5O. The number of hydrogen-bond acceptors (Lipinski definition) is 3. The van der Waals surface area contributed by atoms with Crippen molar-refractivity contribution in [2.24, 2.45) is 12.5 Å². The Morgan fingerprint density at radius 3 is 2.62 bits per heavy atom. The molecule has 0 aliphatic rings. The Labute approximate surface area is 167 Å². The van der Waals surface area contributed by atoms with Gasteiger partial charge in [0.25, 0.3) is 12.3 Å². The van der Waals surface area contributed by atoms with E-state index < -0.39 is 18.0 Å². The second kappa shape index (κ2) is 7.87. The number of benzene rings is 1. The number of aryl methyl sites for hydroxylation is 1. The fraction of sp³-hybridized carbons (Fsp3) is 0.286. The molecule has 0 spiro atoms. The van der Waals surface area contributed by atoms with Gasteiger partial charge in [-0.15, -0.1) is 0 Å². The first-order valence-electron chi connectivity index (χ1n) is 8.94. The highest BCUT2D eigenvalue weighted by molar-refractivity contribution is 6.06. The van der Waals surface area contributed by atoms with Gasteiger partial charge in [-0.05, 0) is 32.9 Å². The molecule has 0 atom stereocenters. The number of amides is 1. The molecule has 0 unspecified atom stereocenters. The highest BCUT2D eigenvalue weighted by atomic mass is 19.3. The number of carbonyl (C=O) groups is 1. The van der Waals surface area contributed by atoms with Crippen LogP contribution < -0.4 is 5.32 Å². The Kier molecular flexibility index (Phi) is 5.50. The number of para-hydroxylation sites is 2. The van der Waals surface area contributed by atoms with E-state index in [4.69, 9.17) is 0 Å². The normalized spacial score (nSPS) is 11.3. The van der Waals surface area contributed by atoms with Gasteiger partial charge in [-0.25, -0.2) is 13.5 Å². The molecule has 1 aromatic carbocycles. The van der Waals surface area contributed by atoms with E-state index >= 15 is 0 Å². The summed E-state index contributed by atoms with van der Waals surface area (Å²) in [6, 6.07) is 6.97. The van der Waals surface area contributed by atoms with Gasteiger partial charge in [-0.1, -0.05) is 24.0 Å². The van der Waals surface area contributed by atoms with Crippen LogP contribution in [0.2, 0.25) is 0 Å². The molecule has 1 N–H and O–H groups in total. The quantitative estimate of drug-likeness (QED) is 0.672. The molecule has 8 heteroatoms. The molecule has 0 aliphatic carbocycles. The number of hydrogen-bond donors (Lipinski definition) is 1. The maximum Gasteiger partial charge on any atom is 0.282 e. The lowest BCUT2D eigenvalue weighted by molar-refractivity contribution is 0.101.